The number of hydrogen-bond acceptors (Lipinski definition) is 4. The third-order valence-corrected chi connectivity index (χ3v) is 3.85. The topological polar surface area (TPSA) is 28.2 Å². The van der Waals surface area contributed by atoms with Crippen LogP contribution in [0, 0.1) is 0 Å². The number of aromatic nitrogens is 1. The maximum atomic E-state index is 4.44. The number of rotatable bonds is 5. The van der Waals surface area contributed by atoms with Crippen LogP contribution in [0.1, 0.15) is 31.6 Å². The van der Waals surface area contributed by atoms with E-state index in [1.54, 1.807) is 11.3 Å². The van der Waals surface area contributed by atoms with Gasteiger partial charge in [0, 0.05) is 36.8 Å². The van der Waals surface area contributed by atoms with Gasteiger partial charge in [-0.2, -0.15) is 0 Å². The first kappa shape index (κ1) is 10.9. The number of nitrogens with zero attached hydrogens (tertiary/aromatic N) is 2. The van der Waals surface area contributed by atoms with E-state index in [1.807, 2.05) is 6.20 Å². The third-order valence-electron chi connectivity index (χ3n) is 2.76. The molecule has 0 atom stereocenters. The molecule has 0 bridgehead atoms. The number of anilines is 1. The van der Waals surface area contributed by atoms with Gasteiger partial charge >= 0.3 is 0 Å². The van der Waals surface area contributed by atoms with Crippen molar-refractivity contribution in [2.45, 2.75) is 45.3 Å². The Morgan fingerprint density at radius 3 is 2.93 bits per heavy atom. The van der Waals surface area contributed by atoms with Crippen LogP contribution in [0.4, 0.5) is 5.13 Å². The van der Waals surface area contributed by atoms with E-state index in [2.05, 4.69) is 36.1 Å². The van der Waals surface area contributed by atoms with Crippen LogP contribution >= 0.6 is 11.3 Å². The Labute approximate surface area is 95.5 Å². The molecule has 1 aliphatic carbocycles. The number of nitrogens with one attached hydrogen (secondary N) is 1. The van der Waals surface area contributed by atoms with Crippen LogP contribution in [0.3, 0.4) is 0 Å². The third kappa shape index (κ3) is 2.92. The zero-order chi connectivity index (χ0) is 10.8. The van der Waals surface area contributed by atoms with Gasteiger partial charge in [0.1, 0.15) is 0 Å². The molecule has 0 saturated heterocycles. The van der Waals surface area contributed by atoms with Crippen LogP contribution in [0.15, 0.2) is 6.20 Å². The molecule has 0 radical (unpaired) electrons. The molecular formula is C11H19N3S. The molecule has 84 valence electrons. The van der Waals surface area contributed by atoms with E-state index in [4.69, 9.17) is 0 Å². The summed E-state index contributed by atoms with van der Waals surface area (Å²) < 4.78 is 0. The van der Waals surface area contributed by atoms with Crippen molar-refractivity contribution in [2.24, 2.45) is 0 Å². The molecule has 15 heavy (non-hydrogen) atoms. The van der Waals surface area contributed by atoms with Gasteiger partial charge in [-0.25, -0.2) is 4.98 Å². The maximum Gasteiger partial charge on any atom is 0.185 e. The molecule has 0 aromatic carbocycles. The Hall–Kier alpha value is -0.610. The van der Waals surface area contributed by atoms with Crippen molar-refractivity contribution in [1.29, 1.82) is 0 Å². The summed E-state index contributed by atoms with van der Waals surface area (Å²) in [6, 6.07) is 1.29. The van der Waals surface area contributed by atoms with Gasteiger partial charge in [-0.15, -0.1) is 11.3 Å². The van der Waals surface area contributed by atoms with Crippen molar-refractivity contribution in [3.8, 4) is 0 Å². The van der Waals surface area contributed by atoms with Gasteiger partial charge < -0.3 is 10.2 Å². The highest BCUT2D eigenvalue weighted by atomic mass is 32.1. The highest BCUT2D eigenvalue weighted by Crippen LogP contribution is 2.24. The SMILES string of the molecule is CC(C)N(C)c1ncc(CNC2CC2)s1. The second-order valence-corrected chi connectivity index (χ2v) is 5.56. The number of thiazole rings is 1. The molecular weight excluding hydrogens is 206 g/mol. The molecule has 1 N–H and O–H groups in total. The fourth-order valence-corrected chi connectivity index (χ4v) is 2.25. The van der Waals surface area contributed by atoms with Gasteiger partial charge in [0.25, 0.3) is 0 Å². The summed E-state index contributed by atoms with van der Waals surface area (Å²) in [5, 5.41) is 4.63. The predicted octanol–water partition coefficient (Wildman–Crippen LogP) is 2.24. The van der Waals surface area contributed by atoms with Crippen molar-refractivity contribution >= 4 is 16.5 Å². The first-order valence-electron chi connectivity index (χ1n) is 5.57. The van der Waals surface area contributed by atoms with Crippen LogP contribution in [0.2, 0.25) is 0 Å². The van der Waals surface area contributed by atoms with Crippen LogP contribution < -0.4 is 10.2 Å². The van der Waals surface area contributed by atoms with E-state index in [0.29, 0.717) is 6.04 Å². The quantitative estimate of drug-likeness (QED) is 0.833. The fraction of sp³-hybridized carbons (Fsp3) is 0.727. The Morgan fingerprint density at radius 1 is 1.60 bits per heavy atom. The predicted molar refractivity (Wildman–Crippen MR) is 65.5 cm³/mol. The van der Waals surface area contributed by atoms with E-state index in [0.717, 1.165) is 17.7 Å². The lowest BCUT2D eigenvalue weighted by molar-refractivity contribution is 0.694. The Balaban J connectivity index is 1.90. The van der Waals surface area contributed by atoms with Crippen molar-refractivity contribution in [3.05, 3.63) is 11.1 Å². The van der Waals surface area contributed by atoms with Gasteiger partial charge in [-0.05, 0) is 26.7 Å². The van der Waals surface area contributed by atoms with Gasteiger partial charge in [0.2, 0.25) is 0 Å². The Kier molecular flexibility index (Phi) is 3.26. The summed E-state index contributed by atoms with van der Waals surface area (Å²) in [6.45, 7) is 5.35. The molecule has 1 aliphatic rings. The first-order valence-corrected chi connectivity index (χ1v) is 6.39. The zero-order valence-corrected chi connectivity index (χ0v) is 10.5. The Bertz CT molecular complexity index is 317. The molecule has 1 saturated carbocycles. The minimum absolute atomic E-state index is 0.514. The molecule has 1 heterocycles. The van der Waals surface area contributed by atoms with Crippen molar-refractivity contribution < 1.29 is 0 Å². The van der Waals surface area contributed by atoms with E-state index in [1.165, 1.54) is 17.7 Å². The molecule has 1 fully saturated rings. The van der Waals surface area contributed by atoms with Gasteiger partial charge in [-0.1, -0.05) is 0 Å². The van der Waals surface area contributed by atoms with E-state index in [9.17, 15) is 0 Å². The fourth-order valence-electron chi connectivity index (χ4n) is 1.30. The molecule has 0 amide bonds. The van der Waals surface area contributed by atoms with Crippen LogP contribution in [0.5, 0.6) is 0 Å². The van der Waals surface area contributed by atoms with Crippen molar-refractivity contribution in [2.75, 3.05) is 11.9 Å². The molecule has 0 aliphatic heterocycles. The molecule has 3 nitrogen and oxygen atoms in total. The number of hydrogen-bond donors (Lipinski definition) is 1. The molecule has 0 unspecified atom stereocenters. The van der Waals surface area contributed by atoms with Crippen molar-refractivity contribution in [3.63, 3.8) is 0 Å². The largest absolute Gasteiger partial charge is 0.349 e. The van der Waals surface area contributed by atoms with E-state index < -0.39 is 0 Å². The lowest BCUT2D eigenvalue weighted by atomic mass is 10.4. The maximum absolute atomic E-state index is 4.44. The summed E-state index contributed by atoms with van der Waals surface area (Å²) in [4.78, 5) is 7.99. The second-order valence-electron chi connectivity index (χ2n) is 4.47. The molecule has 1 aromatic rings. The summed E-state index contributed by atoms with van der Waals surface area (Å²) >= 11 is 1.79. The highest BCUT2D eigenvalue weighted by Gasteiger charge is 2.20. The van der Waals surface area contributed by atoms with Crippen LogP contribution in [-0.4, -0.2) is 24.1 Å². The summed E-state index contributed by atoms with van der Waals surface area (Å²) in [6.07, 6.45) is 4.68. The average Bonchev–Trinajstić information content (AvgIpc) is 2.92. The molecule has 4 heteroatoms. The van der Waals surface area contributed by atoms with E-state index >= 15 is 0 Å². The van der Waals surface area contributed by atoms with Gasteiger partial charge in [0.15, 0.2) is 5.13 Å². The van der Waals surface area contributed by atoms with E-state index in [-0.39, 0.29) is 0 Å². The van der Waals surface area contributed by atoms with Crippen LogP contribution in [0.25, 0.3) is 0 Å². The molecule has 1 aromatic heterocycles. The lowest BCUT2D eigenvalue weighted by Crippen LogP contribution is -2.25. The monoisotopic (exact) mass is 225 g/mol. The minimum atomic E-state index is 0.514. The second kappa shape index (κ2) is 4.49. The first-order chi connectivity index (χ1) is 7.16. The zero-order valence-electron chi connectivity index (χ0n) is 9.66. The van der Waals surface area contributed by atoms with Gasteiger partial charge in [-0.3, -0.25) is 0 Å². The normalized spacial score (nSPS) is 16.0. The van der Waals surface area contributed by atoms with Gasteiger partial charge in [0.05, 0.1) is 0 Å². The molecule has 2 rings (SSSR count). The lowest BCUT2D eigenvalue weighted by Gasteiger charge is -2.19. The standard InChI is InChI=1S/C11H19N3S/c1-8(2)14(3)11-13-7-10(15-11)6-12-9-4-5-9/h7-9,12H,4-6H2,1-3H3. The highest BCUT2D eigenvalue weighted by molar-refractivity contribution is 7.15. The summed E-state index contributed by atoms with van der Waals surface area (Å²) in [7, 11) is 2.10. The average molecular weight is 225 g/mol. The summed E-state index contributed by atoms with van der Waals surface area (Å²) in [5.74, 6) is 0. The summed E-state index contributed by atoms with van der Waals surface area (Å²) in [5.41, 5.74) is 0. The Morgan fingerprint density at radius 2 is 2.33 bits per heavy atom. The molecule has 0 spiro atoms. The minimum Gasteiger partial charge on any atom is -0.349 e. The van der Waals surface area contributed by atoms with Crippen molar-refractivity contribution in [1.82, 2.24) is 10.3 Å². The smallest absolute Gasteiger partial charge is 0.185 e. The van der Waals surface area contributed by atoms with Crippen LogP contribution in [-0.2, 0) is 6.54 Å².